The van der Waals surface area contributed by atoms with Crippen LogP contribution in [0.4, 0.5) is 5.69 Å². The van der Waals surface area contributed by atoms with Gasteiger partial charge in [-0.3, -0.25) is 19.5 Å². The van der Waals surface area contributed by atoms with Gasteiger partial charge in [0.05, 0.1) is 12.2 Å². The molecule has 0 bridgehead atoms. The van der Waals surface area contributed by atoms with E-state index < -0.39 is 6.04 Å². The van der Waals surface area contributed by atoms with Crippen molar-refractivity contribution in [1.29, 1.82) is 0 Å². The summed E-state index contributed by atoms with van der Waals surface area (Å²) in [5.74, 6) is -0.135. The number of carbonyl (C=O) groups excluding carboxylic acids is 2. The van der Waals surface area contributed by atoms with Crippen molar-refractivity contribution < 1.29 is 9.59 Å². The van der Waals surface area contributed by atoms with Gasteiger partial charge in [0.2, 0.25) is 5.91 Å². The van der Waals surface area contributed by atoms with Gasteiger partial charge in [0, 0.05) is 50.7 Å². The van der Waals surface area contributed by atoms with E-state index in [2.05, 4.69) is 32.7 Å². The maximum Gasteiger partial charge on any atom is 0.254 e. The summed E-state index contributed by atoms with van der Waals surface area (Å²) >= 11 is 0. The summed E-state index contributed by atoms with van der Waals surface area (Å²) in [4.78, 5) is 34.4. The molecule has 34 heavy (non-hydrogen) atoms. The predicted octanol–water partition coefficient (Wildman–Crippen LogP) is 3.07. The molecule has 0 spiro atoms. The van der Waals surface area contributed by atoms with E-state index in [1.807, 2.05) is 61.5 Å². The number of hydrogen-bond donors (Lipinski definition) is 2. The number of amides is 2. The summed E-state index contributed by atoms with van der Waals surface area (Å²) in [6.07, 6.45) is 1.77. The monoisotopic (exact) mass is 457 g/mol. The van der Waals surface area contributed by atoms with Crippen LogP contribution in [0.15, 0.2) is 72.9 Å². The van der Waals surface area contributed by atoms with Crippen LogP contribution in [-0.2, 0) is 17.9 Å². The molecule has 1 aliphatic heterocycles. The Kier molecular flexibility index (Phi) is 7.54. The SMILES string of the molecule is CNC(=O)C1CN(C(=O)c2ccc(C)c(NCc3ccccn3)c2)CCN1Cc1ccccc1. The van der Waals surface area contributed by atoms with Crippen LogP contribution in [0.2, 0.25) is 0 Å². The Morgan fingerprint density at radius 2 is 1.82 bits per heavy atom. The van der Waals surface area contributed by atoms with E-state index in [1.165, 1.54) is 0 Å². The Hall–Kier alpha value is -3.71. The number of aryl methyl sites for hydroxylation is 1. The van der Waals surface area contributed by atoms with Gasteiger partial charge in [-0.15, -0.1) is 0 Å². The molecule has 1 aliphatic rings. The first kappa shape index (κ1) is 23.4. The van der Waals surface area contributed by atoms with Gasteiger partial charge in [-0.1, -0.05) is 42.5 Å². The molecule has 2 N–H and O–H groups in total. The third-order valence-electron chi connectivity index (χ3n) is 6.23. The van der Waals surface area contributed by atoms with Crippen LogP contribution in [0.3, 0.4) is 0 Å². The Morgan fingerprint density at radius 3 is 2.56 bits per heavy atom. The van der Waals surface area contributed by atoms with Crippen molar-refractivity contribution >= 4 is 17.5 Å². The molecule has 7 nitrogen and oxygen atoms in total. The maximum absolute atomic E-state index is 13.4. The highest BCUT2D eigenvalue weighted by Gasteiger charge is 2.34. The molecular formula is C27H31N5O2. The molecule has 3 aromatic rings. The highest BCUT2D eigenvalue weighted by atomic mass is 16.2. The number of piperazine rings is 1. The van der Waals surface area contributed by atoms with Crippen LogP contribution < -0.4 is 10.6 Å². The van der Waals surface area contributed by atoms with Crippen LogP contribution >= 0.6 is 0 Å². The molecule has 0 radical (unpaired) electrons. The lowest BCUT2D eigenvalue weighted by atomic mass is 10.1. The predicted molar refractivity (Wildman–Crippen MR) is 133 cm³/mol. The molecule has 1 saturated heterocycles. The van der Waals surface area contributed by atoms with Gasteiger partial charge in [0.25, 0.3) is 5.91 Å². The van der Waals surface area contributed by atoms with Gasteiger partial charge < -0.3 is 15.5 Å². The molecule has 4 rings (SSSR count). The standard InChI is InChI=1S/C27H31N5O2/c1-20-11-12-22(16-24(20)30-17-23-10-6-7-13-29-23)27(34)32-15-14-31(25(19-32)26(33)28-2)18-21-8-4-3-5-9-21/h3-13,16,25,30H,14-15,17-19H2,1-2H3,(H,28,33). The van der Waals surface area contributed by atoms with Crippen molar-refractivity contribution in [3.63, 3.8) is 0 Å². The summed E-state index contributed by atoms with van der Waals surface area (Å²) in [6, 6.07) is 21.2. The normalized spacial score (nSPS) is 16.2. The van der Waals surface area contributed by atoms with Crippen molar-refractivity contribution in [2.45, 2.75) is 26.1 Å². The number of anilines is 1. The lowest BCUT2D eigenvalue weighted by Crippen LogP contribution is -2.59. The fourth-order valence-corrected chi connectivity index (χ4v) is 4.24. The summed E-state index contributed by atoms with van der Waals surface area (Å²) in [5.41, 5.74) is 4.66. The number of rotatable bonds is 7. The lowest BCUT2D eigenvalue weighted by molar-refractivity contribution is -0.128. The van der Waals surface area contributed by atoms with Crippen molar-refractivity contribution in [2.24, 2.45) is 0 Å². The second-order valence-corrected chi connectivity index (χ2v) is 8.54. The van der Waals surface area contributed by atoms with E-state index in [1.54, 1.807) is 18.1 Å². The number of pyridine rings is 1. The molecule has 2 amide bonds. The average molecular weight is 458 g/mol. The average Bonchev–Trinajstić information content (AvgIpc) is 2.89. The van der Waals surface area contributed by atoms with Crippen molar-refractivity contribution in [2.75, 3.05) is 32.0 Å². The first-order chi connectivity index (χ1) is 16.5. The molecule has 1 aromatic heterocycles. The molecule has 0 aliphatic carbocycles. The summed E-state index contributed by atoms with van der Waals surface area (Å²) in [7, 11) is 1.64. The van der Waals surface area contributed by atoms with Crippen LogP contribution in [0.25, 0.3) is 0 Å². The minimum absolute atomic E-state index is 0.0610. The number of aromatic nitrogens is 1. The fourth-order valence-electron chi connectivity index (χ4n) is 4.24. The number of benzene rings is 2. The molecule has 1 atom stereocenters. The highest BCUT2D eigenvalue weighted by molar-refractivity contribution is 5.96. The number of carbonyl (C=O) groups is 2. The van der Waals surface area contributed by atoms with Crippen molar-refractivity contribution in [1.82, 2.24) is 20.1 Å². The largest absolute Gasteiger partial charge is 0.379 e. The zero-order chi connectivity index (χ0) is 23.9. The van der Waals surface area contributed by atoms with E-state index in [4.69, 9.17) is 0 Å². The Balaban J connectivity index is 1.46. The smallest absolute Gasteiger partial charge is 0.254 e. The zero-order valence-corrected chi connectivity index (χ0v) is 19.7. The minimum Gasteiger partial charge on any atom is -0.379 e. The van der Waals surface area contributed by atoms with Gasteiger partial charge in [-0.2, -0.15) is 0 Å². The van der Waals surface area contributed by atoms with E-state index >= 15 is 0 Å². The van der Waals surface area contributed by atoms with Gasteiger partial charge in [-0.25, -0.2) is 0 Å². The minimum atomic E-state index is -0.393. The van der Waals surface area contributed by atoms with E-state index in [0.717, 1.165) is 22.5 Å². The third kappa shape index (κ3) is 5.61. The summed E-state index contributed by atoms with van der Waals surface area (Å²) in [5, 5.41) is 6.16. The van der Waals surface area contributed by atoms with E-state index in [9.17, 15) is 9.59 Å². The quantitative estimate of drug-likeness (QED) is 0.570. The second kappa shape index (κ2) is 10.9. The summed E-state index contributed by atoms with van der Waals surface area (Å²) < 4.78 is 0. The first-order valence-electron chi connectivity index (χ1n) is 11.6. The van der Waals surface area contributed by atoms with E-state index in [-0.39, 0.29) is 11.8 Å². The van der Waals surface area contributed by atoms with Gasteiger partial charge in [0.15, 0.2) is 0 Å². The molecule has 7 heteroatoms. The maximum atomic E-state index is 13.4. The van der Waals surface area contributed by atoms with Crippen LogP contribution in [-0.4, -0.2) is 59.3 Å². The molecule has 2 heterocycles. The Labute approximate surface area is 200 Å². The van der Waals surface area contributed by atoms with Crippen LogP contribution in [0, 0.1) is 6.92 Å². The molecule has 1 unspecified atom stereocenters. The zero-order valence-electron chi connectivity index (χ0n) is 19.7. The number of nitrogens with one attached hydrogen (secondary N) is 2. The van der Waals surface area contributed by atoms with Gasteiger partial charge in [-0.05, 0) is 42.3 Å². The van der Waals surface area contributed by atoms with Gasteiger partial charge >= 0.3 is 0 Å². The Bertz CT molecular complexity index is 1120. The molecule has 176 valence electrons. The molecule has 2 aromatic carbocycles. The van der Waals surface area contributed by atoms with Crippen molar-refractivity contribution in [3.8, 4) is 0 Å². The summed E-state index contributed by atoms with van der Waals surface area (Å²) in [6.45, 7) is 4.83. The van der Waals surface area contributed by atoms with Gasteiger partial charge in [0.1, 0.15) is 6.04 Å². The second-order valence-electron chi connectivity index (χ2n) is 8.54. The molecular weight excluding hydrogens is 426 g/mol. The Morgan fingerprint density at radius 1 is 1.03 bits per heavy atom. The van der Waals surface area contributed by atoms with Crippen LogP contribution in [0.1, 0.15) is 27.2 Å². The fraction of sp³-hybridized carbons (Fsp3) is 0.296. The number of nitrogens with zero attached hydrogens (tertiary/aromatic N) is 3. The first-order valence-corrected chi connectivity index (χ1v) is 11.6. The lowest BCUT2D eigenvalue weighted by Gasteiger charge is -2.40. The molecule has 1 fully saturated rings. The highest BCUT2D eigenvalue weighted by Crippen LogP contribution is 2.21. The number of likely N-dealkylation sites (N-methyl/N-ethyl adjacent to an activating group) is 1. The van der Waals surface area contributed by atoms with E-state index in [0.29, 0.717) is 38.3 Å². The van der Waals surface area contributed by atoms with Crippen molar-refractivity contribution in [3.05, 3.63) is 95.3 Å². The van der Waals surface area contributed by atoms with Crippen LogP contribution in [0.5, 0.6) is 0 Å². The third-order valence-corrected chi connectivity index (χ3v) is 6.23. The molecule has 0 saturated carbocycles. The number of hydrogen-bond acceptors (Lipinski definition) is 5. The topological polar surface area (TPSA) is 77.6 Å².